The Labute approximate surface area is 207 Å². The van der Waals surface area contributed by atoms with Crippen LogP contribution in [0.3, 0.4) is 0 Å². The van der Waals surface area contributed by atoms with E-state index >= 15 is 0 Å². The van der Waals surface area contributed by atoms with E-state index in [1.54, 1.807) is 0 Å². The van der Waals surface area contributed by atoms with Crippen molar-refractivity contribution in [2.75, 3.05) is 6.61 Å². The number of rotatable bonds is 12. The molecule has 3 aromatic carbocycles. The first kappa shape index (κ1) is 25.3. The molecule has 0 aliphatic carbocycles. The maximum atomic E-state index is 10.2. The Kier molecular flexibility index (Phi) is 9.64. The van der Waals surface area contributed by atoms with E-state index < -0.39 is 24.4 Å². The summed E-state index contributed by atoms with van der Waals surface area (Å²) in [5.74, 6) is 0. The smallest absolute Gasteiger partial charge is 0.115 e. The Morgan fingerprint density at radius 3 is 1.43 bits per heavy atom. The molecule has 1 aliphatic rings. The van der Waals surface area contributed by atoms with Gasteiger partial charge in [-0.15, -0.1) is 6.58 Å². The molecular formula is C30H34O5. The molecule has 1 saturated heterocycles. The van der Waals surface area contributed by atoms with Crippen LogP contribution in [0.4, 0.5) is 0 Å². The average molecular weight is 475 g/mol. The minimum absolute atomic E-state index is 0.177. The number of hydrogen-bond donors (Lipinski definition) is 1. The van der Waals surface area contributed by atoms with Gasteiger partial charge in [-0.05, 0) is 23.1 Å². The molecule has 0 bridgehead atoms. The molecule has 0 unspecified atom stereocenters. The third kappa shape index (κ3) is 7.10. The summed E-state index contributed by atoms with van der Waals surface area (Å²) >= 11 is 0. The Bertz CT molecular complexity index is 995. The Morgan fingerprint density at radius 1 is 0.629 bits per heavy atom. The summed E-state index contributed by atoms with van der Waals surface area (Å²) in [7, 11) is 0. The summed E-state index contributed by atoms with van der Waals surface area (Å²) in [5.41, 5.74) is 3.17. The number of benzene rings is 3. The van der Waals surface area contributed by atoms with Gasteiger partial charge in [0, 0.05) is 0 Å². The summed E-state index contributed by atoms with van der Waals surface area (Å²) in [6.45, 7) is 4.93. The van der Waals surface area contributed by atoms with Gasteiger partial charge < -0.3 is 24.1 Å². The molecule has 0 amide bonds. The van der Waals surface area contributed by atoms with E-state index in [2.05, 4.69) is 6.58 Å². The van der Waals surface area contributed by atoms with Gasteiger partial charge in [0.05, 0.1) is 32.5 Å². The maximum absolute atomic E-state index is 10.2. The van der Waals surface area contributed by atoms with Gasteiger partial charge in [-0.1, -0.05) is 97.1 Å². The molecule has 4 rings (SSSR count). The lowest BCUT2D eigenvalue weighted by molar-refractivity contribution is -0.269. The van der Waals surface area contributed by atoms with Crippen LogP contribution in [-0.4, -0.2) is 42.2 Å². The Morgan fingerprint density at radius 2 is 1.03 bits per heavy atom. The molecule has 0 spiro atoms. The van der Waals surface area contributed by atoms with Crippen LogP contribution in [0.2, 0.25) is 0 Å². The van der Waals surface area contributed by atoms with Gasteiger partial charge in [0.25, 0.3) is 0 Å². The minimum Gasteiger partial charge on any atom is -0.394 e. The van der Waals surface area contributed by atoms with Crippen molar-refractivity contribution in [1.29, 1.82) is 0 Å². The van der Waals surface area contributed by atoms with Crippen LogP contribution in [0.25, 0.3) is 0 Å². The number of hydrogen-bond acceptors (Lipinski definition) is 5. The largest absolute Gasteiger partial charge is 0.394 e. The van der Waals surface area contributed by atoms with Crippen molar-refractivity contribution in [2.45, 2.75) is 56.8 Å². The molecule has 5 nitrogen and oxygen atoms in total. The van der Waals surface area contributed by atoms with Crippen LogP contribution in [-0.2, 0) is 38.8 Å². The van der Waals surface area contributed by atoms with E-state index in [9.17, 15) is 5.11 Å². The highest BCUT2D eigenvalue weighted by atomic mass is 16.6. The Balaban J connectivity index is 1.58. The minimum atomic E-state index is -0.541. The lowest BCUT2D eigenvalue weighted by Crippen LogP contribution is -2.60. The van der Waals surface area contributed by atoms with Gasteiger partial charge >= 0.3 is 0 Å². The molecule has 1 heterocycles. The summed E-state index contributed by atoms with van der Waals surface area (Å²) in [5, 5.41) is 10.2. The molecule has 1 aliphatic heterocycles. The second-order valence-corrected chi connectivity index (χ2v) is 8.70. The third-order valence-electron chi connectivity index (χ3n) is 6.16. The maximum Gasteiger partial charge on any atom is 0.115 e. The molecule has 184 valence electrons. The fourth-order valence-electron chi connectivity index (χ4n) is 4.38. The van der Waals surface area contributed by atoms with Crippen LogP contribution >= 0.6 is 0 Å². The van der Waals surface area contributed by atoms with Crippen LogP contribution in [0, 0.1) is 0 Å². The molecule has 5 atom stereocenters. The highest BCUT2D eigenvalue weighted by Crippen LogP contribution is 2.31. The van der Waals surface area contributed by atoms with Gasteiger partial charge in [0.15, 0.2) is 0 Å². The molecule has 0 radical (unpaired) electrons. The molecule has 5 heteroatoms. The van der Waals surface area contributed by atoms with Crippen LogP contribution in [0.1, 0.15) is 23.1 Å². The zero-order valence-corrected chi connectivity index (χ0v) is 19.9. The highest BCUT2D eigenvalue weighted by molar-refractivity contribution is 5.16. The predicted molar refractivity (Wildman–Crippen MR) is 136 cm³/mol. The van der Waals surface area contributed by atoms with Gasteiger partial charge in [0.1, 0.15) is 24.4 Å². The summed E-state index contributed by atoms with van der Waals surface area (Å²) in [6, 6.07) is 30.0. The van der Waals surface area contributed by atoms with Gasteiger partial charge in [-0.25, -0.2) is 0 Å². The third-order valence-corrected chi connectivity index (χ3v) is 6.16. The van der Waals surface area contributed by atoms with Crippen molar-refractivity contribution >= 4 is 0 Å². The monoisotopic (exact) mass is 474 g/mol. The second-order valence-electron chi connectivity index (χ2n) is 8.70. The van der Waals surface area contributed by atoms with E-state index in [1.807, 2.05) is 97.1 Å². The quantitative estimate of drug-likeness (QED) is 0.371. The number of aliphatic hydroxyl groups is 1. The second kappa shape index (κ2) is 13.3. The van der Waals surface area contributed by atoms with Crippen molar-refractivity contribution in [3.8, 4) is 0 Å². The SMILES string of the molecule is C=CC[C@H]1O[C@H](CO)[C@@H](OCc2ccccc2)[C@H](OCc2ccccc2)[C@H]1OCc1ccccc1. The summed E-state index contributed by atoms with van der Waals surface area (Å²) < 4.78 is 25.6. The standard InChI is InChI=1S/C30H34O5/c1-2-12-26-28(32-20-23-13-6-3-7-14-23)30(34-22-25-17-10-5-11-18-25)29(27(19-31)35-26)33-21-24-15-8-4-9-16-24/h2-11,13-18,26-31H,1,12,19-22H2/t26-,27-,28+,29-,30-/m1/s1. The molecule has 0 saturated carbocycles. The highest BCUT2D eigenvalue weighted by Gasteiger charge is 2.47. The first-order valence-corrected chi connectivity index (χ1v) is 12.1. The topological polar surface area (TPSA) is 57.2 Å². The van der Waals surface area contributed by atoms with Crippen molar-refractivity contribution in [1.82, 2.24) is 0 Å². The molecule has 0 aromatic heterocycles. The lowest BCUT2D eigenvalue weighted by atomic mass is 9.92. The van der Waals surface area contributed by atoms with E-state index in [1.165, 1.54) is 0 Å². The van der Waals surface area contributed by atoms with Crippen molar-refractivity contribution < 1.29 is 24.1 Å². The van der Waals surface area contributed by atoms with Gasteiger partial charge in [0.2, 0.25) is 0 Å². The van der Waals surface area contributed by atoms with Gasteiger partial charge in [-0.3, -0.25) is 0 Å². The zero-order valence-electron chi connectivity index (χ0n) is 19.9. The molecule has 1 fully saturated rings. The number of ether oxygens (including phenoxy) is 4. The first-order valence-electron chi connectivity index (χ1n) is 12.1. The van der Waals surface area contributed by atoms with E-state index in [4.69, 9.17) is 18.9 Å². The molecule has 3 aromatic rings. The van der Waals surface area contributed by atoms with Crippen molar-refractivity contribution in [3.05, 3.63) is 120 Å². The molecule has 1 N–H and O–H groups in total. The summed E-state index contributed by atoms with van der Waals surface area (Å²) in [6.07, 6.45) is 0.181. The van der Waals surface area contributed by atoms with Crippen molar-refractivity contribution in [3.63, 3.8) is 0 Å². The fourth-order valence-corrected chi connectivity index (χ4v) is 4.38. The molecular weight excluding hydrogens is 440 g/mol. The van der Waals surface area contributed by atoms with Crippen LogP contribution in [0.5, 0.6) is 0 Å². The average Bonchev–Trinajstić information content (AvgIpc) is 2.92. The van der Waals surface area contributed by atoms with E-state index in [0.717, 1.165) is 16.7 Å². The van der Waals surface area contributed by atoms with Crippen LogP contribution in [0.15, 0.2) is 104 Å². The fraction of sp³-hybridized carbons (Fsp3) is 0.333. The summed E-state index contributed by atoms with van der Waals surface area (Å²) in [4.78, 5) is 0. The van der Waals surface area contributed by atoms with Crippen LogP contribution < -0.4 is 0 Å². The normalized spacial score (nSPS) is 24.2. The van der Waals surface area contributed by atoms with Gasteiger partial charge in [-0.2, -0.15) is 0 Å². The first-order chi connectivity index (χ1) is 17.3. The number of aliphatic hydroxyl groups excluding tert-OH is 1. The lowest BCUT2D eigenvalue weighted by Gasteiger charge is -2.46. The zero-order chi connectivity index (χ0) is 24.3. The van der Waals surface area contributed by atoms with Crippen molar-refractivity contribution in [2.24, 2.45) is 0 Å². The molecule has 35 heavy (non-hydrogen) atoms. The van der Waals surface area contributed by atoms with E-state index in [0.29, 0.717) is 26.2 Å². The van der Waals surface area contributed by atoms with E-state index in [-0.39, 0.29) is 12.7 Å². The predicted octanol–water partition coefficient (Wildman–Crippen LogP) is 5.08. The Hall–Kier alpha value is -2.80.